The molecule has 4 amide bonds. The SMILES string of the molecule is C[C@H](NC(=O)[C@H](CC(=O)O)CC(=O)CNC(=O)CN1CCN(CC(=O)O)CCN(CC(=O)O)CCN(CC(=O)O)CC1)C(=O)C[C@@H](Cc1cnc[nH]1)C(=O)N[C@@H](CO)C(=O)C[C@@H](Cc1ccccc1)C(=O)N[C@@H](CO)C(=O)O. The van der Waals surface area contributed by atoms with Crippen molar-refractivity contribution in [3.05, 3.63) is 54.1 Å². The van der Waals surface area contributed by atoms with Gasteiger partial charge in [0.1, 0.15) is 12.1 Å². The van der Waals surface area contributed by atoms with Crippen LogP contribution in [0.5, 0.6) is 0 Å². The van der Waals surface area contributed by atoms with Gasteiger partial charge in [-0.15, -0.1) is 0 Å². The average Bonchev–Trinajstić information content (AvgIpc) is 3.90. The maximum atomic E-state index is 13.9. The Kier molecular flexibility index (Phi) is 27.8. The normalized spacial score (nSPS) is 16.5. The smallest absolute Gasteiger partial charge is 0.328 e. The number of nitrogens with zero attached hydrogens (tertiary/aromatic N) is 5. The van der Waals surface area contributed by atoms with Crippen molar-refractivity contribution in [2.24, 2.45) is 17.8 Å². The minimum Gasteiger partial charge on any atom is -0.481 e. The molecule has 0 aliphatic carbocycles. The van der Waals surface area contributed by atoms with Crippen molar-refractivity contribution in [1.29, 1.82) is 0 Å². The number of hydrogen-bond acceptors (Lipinski definition) is 19. The fraction of sp³-hybridized carbons (Fsp3) is 0.571. The number of hydrogen-bond donors (Lipinski definition) is 12. The molecule has 12 N–H and O–H groups in total. The Balaban J connectivity index is 1.68. The van der Waals surface area contributed by atoms with Gasteiger partial charge >= 0.3 is 29.8 Å². The molecule has 29 nitrogen and oxygen atoms in total. The zero-order valence-electron chi connectivity index (χ0n) is 43.1. The zero-order chi connectivity index (χ0) is 57.9. The second-order valence-corrected chi connectivity index (χ2v) is 18.9. The van der Waals surface area contributed by atoms with Gasteiger partial charge in [-0.1, -0.05) is 30.3 Å². The van der Waals surface area contributed by atoms with Crippen molar-refractivity contribution >= 4 is 70.8 Å². The first-order valence-corrected chi connectivity index (χ1v) is 24.9. The van der Waals surface area contributed by atoms with Gasteiger partial charge in [0.2, 0.25) is 23.6 Å². The highest BCUT2D eigenvalue weighted by Crippen LogP contribution is 2.18. The standard InChI is InChI=1S/C49H70N10O19/c1-30(39(63)18-33(16-35-21-50-29-52-35)48(76)54-37(27-60)40(64)19-32(15-31-5-3-2-4-6-31)47(75)55-38(28-61)49(77)78)53-46(74)34(20-42(66)67)17-36(62)22-51-41(65)23-56-7-9-57(24-43(68)69)11-13-59(26-45(72)73)14-12-58(10-8-56)25-44(70)71/h2-6,21,29-30,32-34,37-38,60-61H,7-20,22-28H2,1H3,(H,50,52)(H,51,65)(H,53,74)(H,54,76)(H,55,75)(H,66,67)(H,68,69)(H,70,71)(H,72,73)(H,77,78)/t30-,32+,33+,34-,37-,38-/m0/s1. The molecule has 3 rings (SSSR count). The Hall–Kier alpha value is -7.57. The van der Waals surface area contributed by atoms with Gasteiger partial charge in [-0.2, -0.15) is 0 Å². The summed E-state index contributed by atoms with van der Waals surface area (Å²) in [6.45, 7) is -1.77. The third kappa shape index (κ3) is 24.6. The van der Waals surface area contributed by atoms with Crippen LogP contribution in [0.3, 0.4) is 0 Å². The molecule has 0 unspecified atom stereocenters. The number of aliphatic hydroxyl groups is 2. The molecule has 78 heavy (non-hydrogen) atoms. The minimum absolute atomic E-state index is 0.0697. The molecular formula is C49H70N10O19. The summed E-state index contributed by atoms with van der Waals surface area (Å²) in [7, 11) is 0. The number of ketones is 3. The first-order chi connectivity index (χ1) is 37.0. The maximum Gasteiger partial charge on any atom is 0.328 e. The van der Waals surface area contributed by atoms with Crippen molar-refractivity contribution in [3.8, 4) is 0 Å². The largest absolute Gasteiger partial charge is 0.481 e. The summed E-state index contributed by atoms with van der Waals surface area (Å²) in [6.07, 6.45) is -0.356. The lowest BCUT2D eigenvalue weighted by Gasteiger charge is -2.32. The Morgan fingerprint density at radius 1 is 0.551 bits per heavy atom. The van der Waals surface area contributed by atoms with Crippen LogP contribution in [-0.4, -0.2) is 253 Å². The number of nitrogens with one attached hydrogen (secondary N) is 5. The van der Waals surface area contributed by atoms with Crippen LogP contribution in [0.2, 0.25) is 0 Å². The number of aromatic nitrogens is 2. The molecule has 0 saturated carbocycles. The number of carboxylic acids is 5. The summed E-state index contributed by atoms with van der Waals surface area (Å²) >= 11 is 0. The van der Waals surface area contributed by atoms with Crippen LogP contribution >= 0.6 is 0 Å². The molecule has 1 aliphatic heterocycles. The van der Waals surface area contributed by atoms with Crippen molar-refractivity contribution in [2.75, 3.05) is 98.3 Å². The number of aromatic amines is 1. The fourth-order valence-corrected chi connectivity index (χ4v) is 8.34. The second-order valence-electron chi connectivity index (χ2n) is 18.9. The quantitative estimate of drug-likeness (QED) is 0.0321. The molecule has 6 atom stereocenters. The van der Waals surface area contributed by atoms with Crippen molar-refractivity contribution in [2.45, 2.75) is 63.6 Å². The molecule has 2 heterocycles. The number of carbonyl (C=O) groups is 12. The van der Waals surface area contributed by atoms with E-state index >= 15 is 0 Å². The predicted octanol–water partition coefficient (Wildman–Crippen LogP) is -4.47. The van der Waals surface area contributed by atoms with E-state index in [9.17, 15) is 93.3 Å². The van der Waals surface area contributed by atoms with Crippen LogP contribution in [0.4, 0.5) is 0 Å². The number of carboxylic acid groups (broad SMARTS) is 5. The van der Waals surface area contributed by atoms with E-state index in [1.807, 2.05) is 0 Å². The monoisotopic (exact) mass is 1100 g/mol. The van der Waals surface area contributed by atoms with E-state index in [1.54, 1.807) is 49.9 Å². The molecule has 1 aromatic heterocycles. The van der Waals surface area contributed by atoms with Gasteiger partial charge in [-0.05, 0) is 18.9 Å². The minimum atomic E-state index is -1.69. The molecule has 430 valence electrons. The molecule has 1 aromatic carbocycles. The zero-order valence-corrected chi connectivity index (χ0v) is 43.1. The van der Waals surface area contributed by atoms with Gasteiger partial charge in [0, 0.05) is 95.9 Å². The van der Waals surface area contributed by atoms with E-state index in [0.717, 1.165) is 0 Å². The van der Waals surface area contributed by atoms with Crippen molar-refractivity contribution < 1.29 is 93.3 Å². The van der Waals surface area contributed by atoms with Gasteiger partial charge in [-0.25, -0.2) is 9.78 Å². The topological polar surface area (TPSA) is 436 Å². The van der Waals surface area contributed by atoms with Crippen LogP contribution in [-0.2, 0) is 70.4 Å². The first-order valence-electron chi connectivity index (χ1n) is 24.9. The van der Waals surface area contributed by atoms with Crippen LogP contribution in [0.1, 0.15) is 43.9 Å². The molecule has 29 heteroatoms. The molecule has 1 saturated heterocycles. The van der Waals surface area contributed by atoms with Crippen LogP contribution in [0.15, 0.2) is 42.9 Å². The van der Waals surface area contributed by atoms with Gasteiger partial charge in [0.05, 0.1) is 76.6 Å². The molecule has 2 aromatic rings. The number of benzene rings is 1. The van der Waals surface area contributed by atoms with Crippen LogP contribution in [0.25, 0.3) is 0 Å². The summed E-state index contributed by atoms with van der Waals surface area (Å²) in [5, 5.41) is 76.6. The lowest BCUT2D eigenvalue weighted by atomic mass is 9.90. The van der Waals surface area contributed by atoms with Crippen molar-refractivity contribution in [1.82, 2.24) is 50.8 Å². The third-order valence-electron chi connectivity index (χ3n) is 12.6. The average molecular weight is 1100 g/mol. The third-order valence-corrected chi connectivity index (χ3v) is 12.6. The Labute approximate surface area is 447 Å². The number of imidazole rings is 1. The van der Waals surface area contributed by atoms with Crippen LogP contribution in [0, 0.1) is 17.8 Å². The fourth-order valence-electron chi connectivity index (χ4n) is 8.34. The number of amides is 4. The predicted molar refractivity (Wildman–Crippen MR) is 269 cm³/mol. The summed E-state index contributed by atoms with van der Waals surface area (Å²) < 4.78 is 0. The maximum absolute atomic E-state index is 13.9. The second kappa shape index (κ2) is 33.6. The van der Waals surface area contributed by atoms with Gasteiger partial charge in [0.25, 0.3) is 0 Å². The Morgan fingerprint density at radius 2 is 1.01 bits per heavy atom. The van der Waals surface area contributed by atoms with E-state index in [0.29, 0.717) is 11.3 Å². The van der Waals surface area contributed by atoms with Gasteiger partial charge in [-0.3, -0.25) is 72.3 Å². The van der Waals surface area contributed by atoms with E-state index in [4.69, 9.17) is 0 Å². The molecule has 0 radical (unpaired) electrons. The highest BCUT2D eigenvalue weighted by Gasteiger charge is 2.34. The van der Waals surface area contributed by atoms with Gasteiger partial charge in [0.15, 0.2) is 17.3 Å². The Morgan fingerprint density at radius 3 is 1.46 bits per heavy atom. The number of Topliss-reactive ketones (excluding diaryl/α,β-unsaturated/α-hetero) is 3. The van der Waals surface area contributed by atoms with E-state index in [1.165, 1.54) is 19.4 Å². The summed E-state index contributed by atoms with van der Waals surface area (Å²) in [6, 6.07) is 3.67. The number of carbonyl (C=O) groups excluding carboxylic acids is 7. The first kappa shape index (κ1) is 64.7. The number of rotatable bonds is 33. The summed E-state index contributed by atoms with van der Waals surface area (Å²) in [5.74, 6) is -16.3. The summed E-state index contributed by atoms with van der Waals surface area (Å²) in [4.78, 5) is 166. The molecule has 1 aliphatic rings. The molecule has 1 fully saturated rings. The number of aliphatic carboxylic acids is 5. The lowest BCUT2D eigenvalue weighted by molar-refractivity contribution is -0.144. The molecule has 0 spiro atoms. The highest BCUT2D eigenvalue weighted by atomic mass is 16.4. The number of H-pyrrole nitrogens is 1. The molecule has 0 bridgehead atoms. The van der Waals surface area contributed by atoms with Crippen LogP contribution < -0.4 is 21.3 Å². The van der Waals surface area contributed by atoms with Crippen molar-refractivity contribution in [3.63, 3.8) is 0 Å². The highest BCUT2D eigenvalue weighted by molar-refractivity contribution is 5.97. The Bertz CT molecular complexity index is 2340. The van der Waals surface area contributed by atoms with E-state index < -0.39 is 165 Å². The van der Waals surface area contributed by atoms with E-state index in [-0.39, 0.29) is 78.3 Å². The molecular weight excluding hydrogens is 1030 g/mol. The number of aliphatic hydroxyl groups excluding tert-OH is 2. The summed E-state index contributed by atoms with van der Waals surface area (Å²) in [5.41, 5.74) is 0.955. The van der Waals surface area contributed by atoms with E-state index in [2.05, 4.69) is 31.2 Å². The lowest BCUT2D eigenvalue weighted by Crippen LogP contribution is -2.50. The van der Waals surface area contributed by atoms with Gasteiger partial charge < -0.3 is 62.0 Å².